The molecular weight excluding hydrogens is 318 g/mol. The van der Waals surface area contributed by atoms with Crippen molar-refractivity contribution >= 4 is 17.8 Å². The molecular formula is C20H19NO4. The standard InChI is InChI=1S/C20H19NO4/c1-2-25-20(24)16-12-15-17(21-19(16)23)10-14(11-18(15)22)9-8-13-6-4-3-5-7-13/h3-9,12,14H,2,10-11H2,1H3,(H,21,23)/b9-8+/t14-/m0/s1. The number of carbonyl (C=O) groups is 2. The molecule has 1 N–H and O–H groups in total. The van der Waals surface area contributed by atoms with Gasteiger partial charge in [-0.05, 0) is 30.9 Å². The number of ether oxygens (including phenoxy) is 1. The Morgan fingerprint density at radius 3 is 2.72 bits per heavy atom. The lowest BCUT2D eigenvalue weighted by molar-refractivity contribution is 0.0524. The lowest BCUT2D eigenvalue weighted by Gasteiger charge is -2.21. The van der Waals surface area contributed by atoms with E-state index in [1.165, 1.54) is 6.07 Å². The number of aromatic amines is 1. The molecule has 1 aliphatic rings. The SMILES string of the molecule is CCOC(=O)c1cc2c([nH]c1=O)C[C@H](/C=C/c1ccccc1)CC2=O. The van der Waals surface area contributed by atoms with Gasteiger partial charge in [0.15, 0.2) is 5.78 Å². The Bertz CT molecular complexity index is 880. The lowest BCUT2D eigenvalue weighted by atomic mass is 9.85. The third-order valence-corrected chi connectivity index (χ3v) is 4.19. The zero-order valence-electron chi connectivity index (χ0n) is 14.0. The first-order valence-electron chi connectivity index (χ1n) is 8.28. The summed E-state index contributed by atoms with van der Waals surface area (Å²) in [6.07, 6.45) is 4.88. The van der Waals surface area contributed by atoms with E-state index < -0.39 is 11.5 Å². The molecule has 1 aromatic carbocycles. The fourth-order valence-electron chi connectivity index (χ4n) is 2.97. The van der Waals surface area contributed by atoms with Gasteiger partial charge < -0.3 is 9.72 Å². The van der Waals surface area contributed by atoms with Crippen molar-refractivity contribution in [2.75, 3.05) is 6.61 Å². The predicted octanol–water partition coefficient (Wildman–Crippen LogP) is 3.01. The van der Waals surface area contributed by atoms with Crippen molar-refractivity contribution in [2.24, 2.45) is 5.92 Å². The average Bonchev–Trinajstić information content (AvgIpc) is 2.60. The van der Waals surface area contributed by atoms with Crippen LogP contribution in [0.5, 0.6) is 0 Å². The molecule has 0 spiro atoms. The van der Waals surface area contributed by atoms with E-state index in [2.05, 4.69) is 4.98 Å². The first-order valence-corrected chi connectivity index (χ1v) is 8.28. The minimum atomic E-state index is -0.703. The quantitative estimate of drug-likeness (QED) is 0.870. The Kier molecular flexibility index (Phi) is 4.93. The number of allylic oxidation sites excluding steroid dienone is 1. The third kappa shape index (κ3) is 3.76. The van der Waals surface area contributed by atoms with Crippen molar-refractivity contribution in [3.05, 3.63) is 75.2 Å². The van der Waals surface area contributed by atoms with E-state index in [4.69, 9.17) is 4.74 Å². The fourth-order valence-corrected chi connectivity index (χ4v) is 2.97. The average molecular weight is 337 g/mol. The van der Waals surface area contributed by atoms with Gasteiger partial charge in [0.1, 0.15) is 5.56 Å². The van der Waals surface area contributed by atoms with E-state index in [0.29, 0.717) is 24.1 Å². The number of rotatable bonds is 4. The number of ketones is 1. The highest BCUT2D eigenvalue weighted by atomic mass is 16.5. The Balaban J connectivity index is 1.85. The molecule has 2 aromatic rings. The van der Waals surface area contributed by atoms with Crippen LogP contribution in [0.1, 0.15) is 45.3 Å². The van der Waals surface area contributed by atoms with Crippen LogP contribution in [-0.2, 0) is 11.2 Å². The maximum Gasteiger partial charge on any atom is 0.343 e. The molecule has 25 heavy (non-hydrogen) atoms. The van der Waals surface area contributed by atoms with Gasteiger partial charge in [-0.3, -0.25) is 9.59 Å². The summed E-state index contributed by atoms with van der Waals surface area (Å²) in [5.74, 6) is -0.763. The van der Waals surface area contributed by atoms with Crippen molar-refractivity contribution in [2.45, 2.75) is 19.8 Å². The molecule has 0 saturated carbocycles. The minimum absolute atomic E-state index is 0.0179. The molecule has 1 atom stereocenters. The summed E-state index contributed by atoms with van der Waals surface area (Å²) in [4.78, 5) is 39.1. The van der Waals surface area contributed by atoms with Crippen LogP contribution in [0.15, 0.2) is 47.3 Å². The molecule has 0 amide bonds. The number of pyridine rings is 1. The molecule has 5 heteroatoms. The van der Waals surface area contributed by atoms with E-state index in [1.807, 2.05) is 42.5 Å². The second-order valence-electron chi connectivity index (χ2n) is 5.99. The monoisotopic (exact) mass is 337 g/mol. The van der Waals surface area contributed by atoms with Crippen LogP contribution in [-0.4, -0.2) is 23.3 Å². The van der Waals surface area contributed by atoms with Gasteiger partial charge in [-0.15, -0.1) is 0 Å². The summed E-state index contributed by atoms with van der Waals surface area (Å²) in [5, 5.41) is 0. The first-order chi connectivity index (χ1) is 12.1. The van der Waals surface area contributed by atoms with Crippen molar-refractivity contribution < 1.29 is 14.3 Å². The largest absolute Gasteiger partial charge is 0.462 e. The highest BCUT2D eigenvalue weighted by molar-refractivity contribution is 6.00. The van der Waals surface area contributed by atoms with Crippen LogP contribution in [0.4, 0.5) is 0 Å². The van der Waals surface area contributed by atoms with Crippen LogP contribution in [0, 0.1) is 5.92 Å². The van der Waals surface area contributed by atoms with E-state index in [1.54, 1.807) is 6.92 Å². The lowest BCUT2D eigenvalue weighted by Crippen LogP contribution is -2.28. The number of benzene rings is 1. The molecule has 0 aliphatic heterocycles. The number of aromatic nitrogens is 1. The van der Waals surface area contributed by atoms with Crippen LogP contribution in [0.2, 0.25) is 0 Å². The molecule has 0 bridgehead atoms. The zero-order chi connectivity index (χ0) is 17.8. The molecule has 3 rings (SSSR count). The van der Waals surface area contributed by atoms with Gasteiger partial charge in [-0.2, -0.15) is 0 Å². The number of Topliss-reactive ketones (excluding diaryl/α,β-unsaturated/α-hetero) is 1. The number of esters is 1. The van der Waals surface area contributed by atoms with Crippen LogP contribution < -0.4 is 5.56 Å². The van der Waals surface area contributed by atoms with E-state index >= 15 is 0 Å². The van der Waals surface area contributed by atoms with Crippen molar-refractivity contribution in [3.63, 3.8) is 0 Å². The number of fused-ring (bicyclic) bond motifs is 1. The second-order valence-corrected chi connectivity index (χ2v) is 5.99. The van der Waals surface area contributed by atoms with Gasteiger partial charge in [-0.1, -0.05) is 42.5 Å². The summed E-state index contributed by atoms with van der Waals surface area (Å²) < 4.78 is 4.86. The molecule has 128 valence electrons. The van der Waals surface area contributed by atoms with Crippen LogP contribution >= 0.6 is 0 Å². The highest BCUT2D eigenvalue weighted by Crippen LogP contribution is 2.25. The van der Waals surface area contributed by atoms with Crippen molar-refractivity contribution in [1.82, 2.24) is 4.98 Å². The summed E-state index contributed by atoms with van der Waals surface area (Å²) in [5.41, 5.74) is 1.42. The van der Waals surface area contributed by atoms with Gasteiger partial charge in [0, 0.05) is 17.7 Å². The van der Waals surface area contributed by atoms with Crippen LogP contribution in [0.3, 0.4) is 0 Å². The van der Waals surface area contributed by atoms with Gasteiger partial charge in [-0.25, -0.2) is 4.79 Å². The molecule has 0 unspecified atom stereocenters. The van der Waals surface area contributed by atoms with E-state index in [-0.39, 0.29) is 23.9 Å². The molecule has 5 nitrogen and oxygen atoms in total. The molecule has 0 saturated heterocycles. The van der Waals surface area contributed by atoms with Gasteiger partial charge in [0.2, 0.25) is 0 Å². The predicted molar refractivity (Wildman–Crippen MR) is 94.6 cm³/mol. The van der Waals surface area contributed by atoms with E-state index in [9.17, 15) is 14.4 Å². The van der Waals surface area contributed by atoms with Crippen molar-refractivity contribution in [3.8, 4) is 0 Å². The number of nitrogens with one attached hydrogen (secondary N) is 1. The van der Waals surface area contributed by atoms with Gasteiger partial charge >= 0.3 is 5.97 Å². The maximum absolute atomic E-state index is 12.4. The topological polar surface area (TPSA) is 76.2 Å². The first kappa shape index (κ1) is 16.9. The number of H-pyrrole nitrogens is 1. The van der Waals surface area contributed by atoms with Gasteiger partial charge in [0.05, 0.1) is 6.61 Å². The fraction of sp³-hybridized carbons (Fsp3) is 0.250. The number of hydrogen-bond donors (Lipinski definition) is 1. The maximum atomic E-state index is 12.4. The van der Waals surface area contributed by atoms with E-state index in [0.717, 1.165) is 5.56 Å². The number of carbonyl (C=O) groups excluding carboxylic acids is 2. The Morgan fingerprint density at radius 2 is 2.00 bits per heavy atom. The summed E-state index contributed by atoms with van der Waals surface area (Å²) in [7, 11) is 0. The zero-order valence-corrected chi connectivity index (χ0v) is 14.0. The smallest absolute Gasteiger partial charge is 0.343 e. The second kappa shape index (κ2) is 7.30. The third-order valence-electron chi connectivity index (χ3n) is 4.19. The van der Waals surface area contributed by atoms with Crippen molar-refractivity contribution in [1.29, 1.82) is 0 Å². The number of hydrogen-bond acceptors (Lipinski definition) is 4. The molecule has 0 fully saturated rings. The summed E-state index contributed by atoms with van der Waals surface area (Å²) in [6.45, 7) is 1.84. The van der Waals surface area contributed by atoms with Gasteiger partial charge in [0.25, 0.3) is 5.56 Å². The Labute approximate surface area is 145 Å². The van der Waals surface area contributed by atoms with Crippen LogP contribution in [0.25, 0.3) is 6.08 Å². The molecule has 0 radical (unpaired) electrons. The molecule has 1 aliphatic carbocycles. The summed E-state index contributed by atoms with van der Waals surface area (Å²) >= 11 is 0. The normalized spacial score (nSPS) is 16.7. The Morgan fingerprint density at radius 1 is 1.24 bits per heavy atom. The minimum Gasteiger partial charge on any atom is -0.462 e. The Hall–Kier alpha value is -2.95. The molecule has 1 heterocycles. The summed E-state index contributed by atoms with van der Waals surface area (Å²) in [6, 6.07) is 11.2. The highest BCUT2D eigenvalue weighted by Gasteiger charge is 2.27. The molecule has 1 aromatic heterocycles.